The van der Waals surface area contributed by atoms with Crippen LogP contribution in [0, 0.1) is 0 Å². The first-order valence-corrected chi connectivity index (χ1v) is 6.99. The fourth-order valence-corrected chi connectivity index (χ4v) is 2.83. The summed E-state index contributed by atoms with van der Waals surface area (Å²) >= 11 is 3.37. The number of furan rings is 1. The van der Waals surface area contributed by atoms with Gasteiger partial charge in [0.2, 0.25) is 0 Å². The van der Waals surface area contributed by atoms with E-state index >= 15 is 0 Å². The summed E-state index contributed by atoms with van der Waals surface area (Å²) in [6.07, 6.45) is 2.45. The summed E-state index contributed by atoms with van der Waals surface area (Å²) in [4.78, 5) is 0. The summed E-state index contributed by atoms with van der Waals surface area (Å²) in [6.45, 7) is 0. The molecule has 1 unspecified atom stereocenters. The Labute approximate surface area is 120 Å². The van der Waals surface area contributed by atoms with E-state index in [1.165, 1.54) is 16.3 Å². The molecular formula is C16H14BrNO. The zero-order chi connectivity index (χ0) is 13.2. The van der Waals surface area contributed by atoms with Gasteiger partial charge in [0, 0.05) is 11.6 Å². The molecule has 96 valence electrons. The fourth-order valence-electron chi connectivity index (χ4n) is 2.30. The van der Waals surface area contributed by atoms with Crippen LogP contribution in [0.1, 0.15) is 17.2 Å². The van der Waals surface area contributed by atoms with Gasteiger partial charge < -0.3 is 10.2 Å². The van der Waals surface area contributed by atoms with Crippen LogP contribution in [0.4, 0.5) is 0 Å². The SMILES string of the molecule is NC(Cc1ccc2ccccc2c1)c1ccoc1Br. The number of rotatable bonds is 3. The first-order valence-electron chi connectivity index (χ1n) is 6.20. The Hall–Kier alpha value is -1.58. The molecule has 19 heavy (non-hydrogen) atoms. The maximum atomic E-state index is 6.23. The molecule has 1 atom stereocenters. The third kappa shape index (κ3) is 2.57. The van der Waals surface area contributed by atoms with Crippen molar-refractivity contribution in [3.63, 3.8) is 0 Å². The summed E-state index contributed by atoms with van der Waals surface area (Å²) < 4.78 is 5.95. The molecule has 2 aromatic carbocycles. The van der Waals surface area contributed by atoms with Gasteiger partial charge in [-0.3, -0.25) is 0 Å². The Balaban J connectivity index is 1.87. The summed E-state index contributed by atoms with van der Waals surface area (Å²) in [5.74, 6) is 0. The van der Waals surface area contributed by atoms with Gasteiger partial charge in [-0.2, -0.15) is 0 Å². The minimum absolute atomic E-state index is 0.0608. The predicted octanol–water partition coefficient (Wildman–Crippen LogP) is 4.44. The van der Waals surface area contributed by atoms with E-state index in [9.17, 15) is 0 Å². The Morgan fingerprint density at radius 3 is 2.58 bits per heavy atom. The van der Waals surface area contributed by atoms with Crippen molar-refractivity contribution in [1.29, 1.82) is 0 Å². The second kappa shape index (κ2) is 5.19. The molecular weight excluding hydrogens is 302 g/mol. The Kier molecular flexibility index (Phi) is 3.40. The first kappa shape index (κ1) is 12.5. The van der Waals surface area contributed by atoms with E-state index < -0.39 is 0 Å². The molecule has 2 N–H and O–H groups in total. The zero-order valence-corrected chi connectivity index (χ0v) is 11.9. The number of fused-ring (bicyclic) bond motifs is 1. The maximum Gasteiger partial charge on any atom is 0.173 e. The van der Waals surface area contributed by atoms with Crippen molar-refractivity contribution in [3.8, 4) is 0 Å². The lowest BCUT2D eigenvalue weighted by Crippen LogP contribution is -2.12. The molecule has 0 saturated heterocycles. The van der Waals surface area contributed by atoms with Crippen molar-refractivity contribution < 1.29 is 4.42 Å². The average Bonchev–Trinajstić information content (AvgIpc) is 2.85. The van der Waals surface area contributed by atoms with Crippen LogP contribution >= 0.6 is 15.9 Å². The smallest absolute Gasteiger partial charge is 0.173 e. The molecule has 3 aromatic rings. The molecule has 0 amide bonds. The number of benzene rings is 2. The number of nitrogens with two attached hydrogens (primary N) is 1. The van der Waals surface area contributed by atoms with Crippen LogP contribution in [0.25, 0.3) is 10.8 Å². The Bertz CT molecular complexity index is 705. The van der Waals surface area contributed by atoms with Crippen LogP contribution in [-0.4, -0.2) is 0 Å². The third-order valence-electron chi connectivity index (χ3n) is 3.32. The standard InChI is InChI=1S/C16H14BrNO/c17-16-14(7-8-19-16)15(18)10-11-5-6-12-3-1-2-4-13(12)9-11/h1-9,15H,10,18H2. The van der Waals surface area contributed by atoms with Crippen molar-refractivity contribution in [3.05, 3.63) is 70.6 Å². The van der Waals surface area contributed by atoms with Gasteiger partial charge in [0.05, 0.1) is 6.26 Å². The average molecular weight is 316 g/mol. The fraction of sp³-hybridized carbons (Fsp3) is 0.125. The quantitative estimate of drug-likeness (QED) is 0.776. The van der Waals surface area contributed by atoms with Crippen LogP contribution in [0.5, 0.6) is 0 Å². The lowest BCUT2D eigenvalue weighted by atomic mass is 9.99. The van der Waals surface area contributed by atoms with Crippen LogP contribution < -0.4 is 5.73 Å². The molecule has 3 heteroatoms. The van der Waals surface area contributed by atoms with Crippen LogP contribution in [0.3, 0.4) is 0 Å². The predicted molar refractivity (Wildman–Crippen MR) is 81.0 cm³/mol. The third-order valence-corrected chi connectivity index (χ3v) is 3.96. The molecule has 0 aliphatic heterocycles. The summed E-state index contributed by atoms with van der Waals surface area (Å²) in [5, 5.41) is 2.50. The van der Waals surface area contributed by atoms with Gasteiger partial charge in [0.1, 0.15) is 0 Å². The maximum absolute atomic E-state index is 6.23. The largest absolute Gasteiger partial charge is 0.457 e. The topological polar surface area (TPSA) is 39.2 Å². The van der Waals surface area contributed by atoms with Gasteiger partial charge in [-0.1, -0.05) is 42.5 Å². The van der Waals surface area contributed by atoms with E-state index in [0.29, 0.717) is 0 Å². The Morgan fingerprint density at radius 1 is 1.05 bits per heavy atom. The van der Waals surface area contributed by atoms with Gasteiger partial charge in [-0.25, -0.2) is 0 Å². The van der Waals surface area contributed by atoms with Crippen molar-refractivity contribution in [2.45, 2.75) is 12.5 Å². The van der Waals surface area contributed by atoms with Crippen molar-refractivity contribution in [2.75, 3.05) is 0 Å². The van der Waals surface area contributed by atoms with Crippen LogP contribution in [-0.2, 0) is 6.42 Å². The first-order chi connectivity index (χ1) is 9.24. The molecule has 0 aliphatic carbocycles. The van der Waals surface area contributed by atoms with Crippen LogP contribution in [0.2, 0.25) is 0 Å². The molecule has 2 nitrogen and oxygen atoms in total. The van der Waals surface area contributed by atoms with Gasteiger partial charge in [-0.15, -0.1) is 0 Å². The lowest BCUT2D eigenvalue weighted by Gasteiger charge is -2.11. The van der Waals surface area contributed by atoms with Crippen molar-refractivity contribution in [1.82, 2.24) is 0 Å². The number of halogens is 1. The van der Waals surface area contributed by atoms with E-state index in [4.69, 9.17) is 10.2 Å². The van der Waals surface area contributed by atoms with Crippen LogP contribution in [0.15, 0.2) is 63.9 Å². The van der Waals surface area contributed by atoms with Crippen molar-refractivity contribution >= 4 is 26.7 Å². The van der Waals surface area contributed by atoms with Gasteiger partial charge in [0.25, 0.3) is 0 Å². The second-order valence-electron chi connectivity index (χ2n) is 4.64. The zero-order valence-electron chi connectivity index (χ0n) is 10.3. The summed E-state index contributed by atoms with van der Waals surface area (Å²) in [7, 11) is 0. The highest BCUT2D eigenvalue weighted by Crippen LogP contribution is 2.26. The highest BCUT2D eigenvalue weighted by Gasteiger charge is 2.13. The monoisotopic (exact) mass is 315 g/mol. The lowest BCUT2D eigenvalue weighted by molar-refractivity contribution is 0.531. The molecule has 0 saturated carbocycles. The second-order valence-corrected chi connectivity index (χ2v) is 5.36. The highest BCUT2D eigenvalue weighted by molar-refractivity contribution is 9.10. The minimum atomic E-state index is -0.0608. The molecule has 0 radical (unpaired) electrons. The highest BCUT2D eigenvalue weighted by atomic mass is 79.9. The van der Waals surface area contributed by atoms with E-state index in [1.54, 1.807) is 6.26 Å². The molecule has 0 bridgehead atoms. The molecule has 0 fully saturated rings. The molecule has 1 aromatic heterocycles. The van der Waals surface area contributed by atoms with Gasteiger partial charge in [-0.05, 0) is 44.8 Å². The number of hydrogen-bond acceptors (Lipinski definition) is 2. The summed E-state index contributed by atoms with van der Waals surface area (Å²) in [5.41, 5.74) is 8.47. The van der Waals surface area contributed by atoms with Gasteiger partial charge >= 0.3 is 0 Å². The van der Waals surface area contributed by atoms with E-state index in [2.05, 4.69) is 58.4 Å². The van der Waals surface area contributed by atoms with E-state index in [-0.39, 0.29) is 6.04 Å². The van der Waals surface area contributed by atoms with Gasteiger partial charge in [0.15, 0.2) is 4.67 Å². The van der Waals surface area contributed by atoms with Crippen molar-refractivity contribution in [2.24, 2.45) is 5.73 Å². The minimum Gasteiger partial charge on any atom is -0.457 e. The molecule has 1 heterocycles. The molecule has 3 rings (SSSR count). The normalized spacial score (nSPS) is 12.7. The summed E-state index contributed by atoms with van der Waals surface area (Å²) in [6, 6.07) is 16.7. The molecule has 0 aliphatic rings. The Morgan fingerprint density at radius 2 is 1.84 bits per heavy atom. The molecule has 0 spiro atoms. The van der Waals surface area contributed by atoms with E-state index in [1.807, 2.05) is 6.07 Å². The van der Waals surface area contributed by atoms with E-state index in [0.717, 1.165) is 16.7 Å². The number of hydrogen-bond donors (Lipinski definition) is 1.